The number of ketones is 1. The average Bonchev–Trinajstić information content (AvgIpc) is 2.45. The molecular weight excluding hydrogens is 246 g/mol. The number of amides is 1. The lowest BCUT2D eigenvalue weighted by atomic mass is 10.0. The zero-order valence-corrected chi connectivity index (χ0v) is 10.9. The minimum Gasteiger partial charge on any atom is -0.458 e. The van der Waals surface area contributed by atoms with E-state index in [2.05, 4.69) is 5.32 Å². The van der Waals surface area contributed by atoms with Crippen molar-refractivity contribution in [3.05, 3.63) is 30.2 Å². The lowest BCUT2D eigenvalue weighted by Crippen LogP contribution is -2.14. The number of rotatable bonds is 4. The average molecular weight is 261 g/mol. The molecule has 1 heterocycles. The molecule has 0 saturated heterocycles. The van der Waals surface area contributed by atoms with E-state index in [1.165, 1.54) is 12.5 Å². The quantitative estimate of drug-likeness (QED) is 0.846. The first-order valence-corrected chi connectivity index (χ1v) is 6.15. The van der Waals surface area contributed by atoms with Gasteiger partial charge in [0, 0.05) is 24.5 Å². The summed E-state index contributed by atoms with van der Waals surface area (Å²) in [4.78, 5) is 23.4. The van der Waals surface area contributed by atoms with Crippen molar-refractivity contribution in [2.45, 2.75) is 26.7 Å². The van der Waals surface area contributed by atoms with Crippen LogP contribution < -0.4 is 14.8 Å². The standard InChI is InChI=1S/C14H15NO4/c1-3-11(16)9-7-12-13(19-6-5-18-12)8-10(9)15-14(17)4-2/h5-8H,3-4H2,1-2H3,(H,15,17). The minimum absolute atomic E-state index is 0.0626. The number of fused-ring (bicyclic) bond motifs is 1. The Morgan fingerprint density at radius 1 is 1.05 bits per heavy atom. The molecule has 1 amide bonds. The van der Waals surface area contributed by atoms with Crippen molar-refractivity contribution < 1.29 is 19.1 Å². The van der Waals surface area contributed by atoms with Gasteiger partial charge in [0.15, 0.2) is 17.3 Å². The summed E-state index contributed by atoms with van der Waals surface area (Å²) in [7, 11) is 0. The normalized spacial score (nSPS) is 12.1. The molecule has 0 atom stereocenters. The molecule has 100 valence electrons. The second-order valence-electron chi connectivity index (χ2n) is 4.03. The highest BCUT2D eigenvalue weighted by Gasteiger charge is 2.18. The molecule has 1 aromatic carbocycles. The van der Waals surface area contributed by atoms with Crippen molar-refractivity contribution in [2.75, 3.05) is 5.32 Å². The molecule has 19 heavy (non-hydrogen) atoms. The van der Waals surface area contributed by atoms with Crippen LogP contribution in [0.25, 0.3) is 0 Å². The molecule has 1 aliphatic heterocycles. The molecule has 0 saturated carbocycles. The molecule has 5 heteroatoms. The lowest BCUT2D eigenvalue weighted by molar-refractivity contribution is -0.115. The summed E-state index contributed by atoms with van der Waals surface area (Å²) in [6.45, 7) is 3.52. The van der Waals surface area contributed by atoms with Crippen molar-refractivity contribution in [1.29, 1.82) is 0 Å². The lowest BCUT2D eigenvalue weighted by Gasteiger charge is -2.16. The number of benzene rings is 1. The van der Waals surface area contributed by atoms with E-state index < -0.39 is 0 Å². The number of hydrogen-bond acceptors (Lipinski definition) is 4. The van der Waals surface area contributed by atoms with E-state index in [1.807, 2.05) is 0 Å². The molecule has 1 aromatic rings. The van der Waals surface area contributed by atoms with Crippen molar-refractivity contribution in [1.82, 2.24) is 0 Å². The Labute approximate surface area is 111 Å². The number of anilines is 1. The van der Waals surface area contributed by atoms with Crippen molar-refractivity contribution in [3.8, 4) is 11.5 Å². The predicted molar refractivity (Wildman–Crippen MR) is 70.4 cm³/mol. The molecule has 0 aromatic heterocycles. The van der Waals surface area contributed by atoms with E-state index in [0.717, 1.165) is 0 Å². The summed E-state index contributed by atoms with van der Waals surface area (Å²) in [5, 5.41) is 2.71. The summed E-state index contributed by atoms with van der Waals surface area (Å²) >= 11 is 0. The fraction of sp³-hybridized carbons (Fsp3) is 0.286. The summed E-state index contributed by atoms with van der Waals surface area (Å²) in [6, 6.07) is 3.20. The van der Waals surface area contributed by atoms with Crippen LogP contribution in [0.3, 0.4) is 0 Å². The van der Waals surface area contributed by atoms with Gasteiger partial charge in [-0.05, 0) is 6.07 Å². The van der Waals surface area contributed by atoms with Gasteiger partial charge in [-0.15, -0.1) is 0 Å². The van der Waals surface area contributed by atoms with E-state index in [1.54, 1.807) is 26.0 Å². The Hall–Kier alpha value is -2.30. The van der Waals surface area contributed by atoms with Crippen molar-refractivity contribution in [2.24, 2.45) is 0 Å². The summed E-state index contributed by atoms with van der Waals surface area (Å²) in [5.74, 6) is 0.722. The van der Waals surface area contributed by atoms with Gasteiger partial charge < -0.3 is 14.8 Å². The third kappa shape index (κ3) is 2.76. The molecule has 0 fully saturated rings. The van der Waals surface area contributed by atoms with Gasteiger partial charge >= 0.3 is 0 Å². The van der Waals surface area contributed by atoms with Crippen LogP contribution in [0.4, 0.5) is 5.69 Å². The highest BCUT2D eigenvalue weighted by Crippen LogP contribution is 2.36. The molecule has 0 radical (unpaired) electrons. The Kier molecular flexibility index (Phi) is 3.85. The topological polar surface area (TPSA) is 64.6 Å². The summed E-state index contributed by atoms with van der Waals surface area (Å²) < 4.78 is 10.6. The molecule has 1 aliphatic rings. The number of nitrogens with one attached hydrogen (secondary N) is 1. The van der Waals surface area contributed by atoms with Gasteiger partial charge in [0.2, 0.25) is 5.91 Å². The first kappa shape index (κ1) is 13.1. The fourth-order valence-electron chi connectivity index (χ4n) is 1.71. The maximum Gasteiger partial charge on any atom is 0.224 e. The van der Waals surface area contributed by atoms with Crippen molar-refractivity contribution >= 4 is 17.4 Å². The molecule has 0 aliphatic carbocycles. The van der Waals surface area contributed by atoms with E-state index in [-0.39, 0.29) is 11.7 Å². The second kappa shape index (κ2) is 5.56. The van der Waals surface area contributed by atoms with E-state index in [0.29, 0.717) is 35.6 Å². The summed E-state index contributed by atoms with van der Waals surface area (Å²) in [5.41, 5.74) is 0.887. The van der Waals surface area contributed by atoms with E-state index in [9.17, 15) is 9.59 Å². The first-order chi connectivity index (χ1) is 9.15. The van der Waals surface area contributed by atoms with Gasteiger partial charge in [-0.2, -0.15) is 0 Å². The Morgan fingerprint density at radius 3 is 2.26 bits per heavy atom. The van der Waals surface area contributed by atoms with Crippen LogP contribution >= 0.6 is 0 Å². The second-order valence-corrected chi connectivity index (χ2v) is 4.03. The molecule has 0 unspecified atom stereocenters. The molecule has 1 N–H and O–H groups in total. The van der Waals surface area contributed by atoms with Gasteiger partial charge in [-0.1, -0.05) is 13.8 Å². The van der Waals surface area contributed by atoms with Crippen LogP contribution in [-0.2, 0) is 4.79 Å². The zero-order chi connectivity index (χ0) is 13.8. The number of hydrogen-bond donors (Lipinski definition) is 1. The molecular formula is C14H15NO4. The Bertz CT molecular complexity index is 549. The van der Waals surface area contributed by atoms with Crippen LogP contribution in [0.15, 0.2) is 24.7 Å². The third-order valence-corrected chi connectivity index (χ3v) is 2.75. The first-order valence-electron chi connectivity index (χ1n) is 6.15. The van der Waals surface area contributed by atoms with Crippen LogP contribution in [0.5, 0.6) is 11.5 Å². The molecule has 0 bridgehead atoms. The maximum absolute atomic E-state index is 11.9. The predicted octanol–water partition coefficient (Wildman–Crippen LogP) is 2.87. The van der Waals surface area contributed by atoms with Crippen LogP contribution in [0, 0.1) is 0 Å². The van der Waals surface area contributed by atoms with Gasteiger partial charge in [0.1, 0.15) is 12.5 Å². The highest BCUT2D eigenvalue weighted by atomic mass is 16.5. The highest BCUT2D eigenvalue weighted by molar-refractivity contribution is 6.05. The van der Waals surface area contributed by atoms with Crippen LogP contribution in [0.2, 0.25) is 0 Å². The summed E-state index contributed by atoms with van der Waals surface area (Å²) in [6.07, 6.45) is 3.49. The van der Waals surface area contributed by atoms with Gasteiger partial charge in [-0.25, -0.2) is 0 Å². The number of carbonyl (C=O) groups excluding carboxylic acids is 2. The number of ether oxygens (including phenoxy) is 2. The van der Waals surface area contributed by atoms with Crippen molar-refractivity contribution in [3.63, 3.8) is 0 Å². The molecule has 0 spiro atoms. The minimum atomic E-state index is -0.155. The van der Waals surface area contributed by atoms with Crippen LogP contribution in [0.1, 0.15) is 37.0 Å². The number of carbonyl (C=O) groups is 2. The monoisotopic (exact) mass is 261 g/mol. The van der Waals surface area contributed by atoms with E-state index in [4.69, 9.17) is 9.47 Å². The van der Waals surface area contributed by atoms with E-state index >= 15 is 0 Å². The Morgan fingerprint density at radius 2 is 1.68 bits per heavy atom. The molecule has 2 rings (SSSR count). The smallest absolute Gasteiger partial charge is 0.224 e. The number of Topliss-reactive ketones (excluding diaryl/α,β-unsaturated/α-hetero) is 1. The largest absolute Gasteiger partial charge is 0.458 e. The third-order valence-electron chi connectivity index (χ3n) is 2.75. The van der Waals surface area contributed by atoms with Gasteiger partial charge in [0.05, 0.1) is 5.69 Å². The Balaban J connectivity index is 2.44. The van der Waals surface area contributed by atoms with Gasteiger partial charge in [0.25, 0.3) is 0 Å². The van der Waals surface area contributed by atoms with Gasteiger partial charge in [-0.3, -0.25) is 9.59 Å². The SMILES string of the molecule is CCC(=O)Nc1cc2c(cc1C(=O)CC)OC=CO2. The maximum atomic E-state index is 11.9. The zero-order valence-electron chi connectivity index (χ0n) is 10.9. The molecule has 5 nitrogen and oxygen atoms in total. The fourth-order valence-corrected chi connectivity index (χ4v) is 1.71. The van der Waals surface area contributed by atoms with Crippen LogP contribution in [-0.4, -0.2) is 11.7 Å².